The van der Waals surface area contributed by atoms with Gasteiger partial charge in [0, 0.05) is 25.4 Å². The fourth-order valence-corrected chi connectivity index (χ4v) is 1.84. The Morgan fingerprint density at radius 1 is 1.40 bits per heavy atom. The Bertz CT molecular complexity index is 511. The number of H-pyrrole nitrogens is 1. The summed E-state index contributed by atoms with van der Waals surface area (Å²) in [6, 6.07) is 9.38. The maximum atomic E-state index is 12.0. The highest BCUT2D eigenvalue weighted by molar-refractivity contribution is 5.81. The molecule has 1 atom stereocenters. The van der Waals surface area contributed by atoms with E-state index in [-0.39, 0.29) is 5.91 Å². The van der Waals surface area contributed by atoms with E-state index in [1.165, 1.54) is 0 Å². The van der Waals surface area contributed by atoms with Crippen molar-refractivity contribution in [1.29, 1.82) is 0 Å². The molecule has 0 fully saturated rings. The van der Waals surface area contributed by atoms with Crippen molar-refractivity contribution in [3.8, 4) is 5.75 Å². The first-order valence-electron chi connectivity index (χ1n) is 6.77. The van der Waals surface area contributed by atoms with Gasteiger partial charge in [-0.25, -0.2) is 4.98 Å². The van der Waals surface area contributed by atoms with Crippen LogP contribution >= 0.6 is 0 Å². The quantitative estimate of drug-likeness (QED) is 0.810. The summed E-state index contributed by atoms with van der Waals surface area (Å²) in [4.78, 5) is 19.1. The van der Waals surface area contributed by atoms with Crippen LogP contribution in [0.1, 0.15) is 19.2 Å². The van der Waals surface area contributed by atoms with Crippen LogP contribution < -0.4 is 10.1 Å². The lowest BCUT2D eigenvalue weighted by molar-refractivity contribution is -0.128. The summed E-state index contributed by atoms with van der Waals surface area (Å²) in [7, 11) is 0. The monoisotopic (exact) mass is 273 g/mol. The number of nitrogens with zero attached hydrogens (tertiary/aromatic N) is 1. The van der Waals surface area contributed by atoms with Gasteiger partial charge >= 0.3 is 0 Å². The molecule has 2 N–H and O–H groups in total. The van der Waals surface area contributed by atoms with Crippen LogP contribution in [-0.2, 0) is 11.2 Å². The Morgan fingerprint density at radius 3 is 2.85 bits per heavy atom. The number of hydrogen-bond acceptors (Lipinski definition) is 3. The second-order valence-electron chi connectivity index (χ2n) is 4.40. The molecule has 1 aromatic carbocycles. The lowest BCUT2D eigenvalue weighted by atomic mass is 10.2. The topological polar surface area (TPSA) is 67.0 Å². The molecule has 106 valence electrons. The van der Waals surface area contributed by atoms with Crippen LogP contribution in [0, 0.1) is 0 Å². The maximum Gasteiger partial charge on any atom is 0.261 e. The largest absolute Gasteiger partial charge is 0.481 e. The lowest BCUT2D eigenvalue weighted by Gasteiger charge is -2.17. The normalized spacial score (nSPS) is 11.8. The molecule has 0 saturated heterocycles. The van der Waals surface area contributed by atoms with Gasteiger partial charge in [-0.2, -0.15) is 0 Å². The standard InChI is InChI=1S/C15H19N3O2/c1-2-13(20-12-6-4-3-5-7-12)15(19)18-9-8-14-16-10-11-17-14/h3-7,10-11,13H,2,8-9H2,1H3,(H,16,17)(H,18,19). The Morgan fingerprint density at radius 2 is 2.20 bits per heavy atom. The molecule has 2 aromatic rings. The summed E-state index contributed by atoms with van der Waals surface area (Å²) in [5, 5.41) is 2.87. The average Bonchev–Trinajstić information content (AvgIpc) is 2.99. The zero-order valence-corrected chi connectivity index (χ0v) is 11.5. The van der Waals surface area contributed by atoms with Gasteiger partial charge in [-0.3, -0.25) is 4.79 Å². The number of amides is 1. The number of imidazole rings is 1. The zero-order chi connectivity index (χ0) is 14.2. The van der Waals surface area contributed by atoms with Crippen molar-refractivity contribution in [2.24, 2.45) is 0 Å². The van der Waals surface area contributed by atoms with E-state index in [2.05, 4.69) is 15.3 Å². The SMILES string of the molecule is CCC(Oc1ccccc1)C(=O)NCCc1ncc[nH]1. The summed E-state index contributed by atoms with van der Waals surface area (Å²) in [5.41, 5.74) is 0. The summed E-state index contributed by atoms with van der Waals surface area (Å²) < 4.78 is 5.68. The van der Waals surface area contributed by atoms with Gasteiger partial charge in [-0.15, -0.1) is 0 Å². The van der Waals surface area contributed by atoms with Gasteiger partial charge in [0.1, 0.15) is 11.6 Å². The lowest BCUT2D eigenvalue weighted by Crippen LogP contribution is -2.39. The highest BCUT2D eigenvalue weighted by Gasteiger charge is 2.17. The van der Waals surface area contributed by atoms with Crippen molar-refractivity contribution in [3.05, 3.63) is 48.5 Å². The molecule has 0 aliphatic carbocycles. The van der Waals surface area contributed by atoms with Gasteiger partial charge in [0.15, 0.2) is 6.10 Å². The number of aromatic nitrogens is 2. The van der Waals surface area contributed by atoms with E-state index in [4.69, 9.17) is 4.74 Å². The van der Waals surface area contributed by atoms with Crippen molar-refractivity contribution in [2.45, 2.75) is 25.9 Å². The number of aromatic amines is 1. The first kappa shape index (κ1) is 14.1. The van der Waals surface area contributed by atoms with E-state index < -0.39 is 6.10 Å². The molecule has 0 bridgehead atoms. The van der Waals surface area contributed by atoms with E-state index in [9.17, 15) is 4.79 Å². The number of ether oxygens (including phenoxy) is 1. The Labute approximate surface area is 118 Å². The zero-order valence-electron chi connectivity index (χ0n) is 11.5. The third kappa shape index (κ3) is 4.12. The van der Waals surface area contributed by atoms with Crippen LogP contribution in [0.3, 0.4) is 0 Å². The molecule has 0 spiro atoms. The van der Waals surface area contributed by atoms with Crippen LogP contribution in [0.25, 0.3) is 0 Å². The number of hydrogen-bond donors (Lipinski definition) is 2. The summed E-state index contributed by atoms with van der Waals surface area (Å²) in [6.07, 6.45) is 4.31. The van der Waals surface area contributed by atoms with Crippen molar-refractivity contribution in [3.63, 3.8) is 0 Å². The van der Waals surface area contributed by atoms with Crippen LogP contribution in [0.2, 0.25) is 0 Å². The average molecular weight is 273 g/mol. The summed E-state index contributed by atoms with van der Waals surface area (Å²) in [5.74, 6) is 1.48. The fraction of sp³-hybridized carbons (Fsp3) is 0.333. The molecule has 0 radical (unpaired) electrons. The minimum absolute atomic E-state index is 0.0945. The van der Waals surface area contributed by atoms with Crippen LogP contribution in [0.15, 0.2) is 42.7 Å². The molecule has 0 aliphatic rings. The molecule has 1 unspecified atom stereocenters. The van der Waals surface area contributed by atoms with Crippen molar-refractivity contribution in [1.82, 2.24) is 15.3 Å². The number of carbonyl (C=O) groups excluding carboxylic acids is 1. The molecular formula is C15H19N3O2. The Balaban J connectivity index is 1.79. The van der Waals surface area contributed by atoms with Crippen molar-refractivity contribution < 1.29 is 9.53 Å². The van der Waals surface area contributed by atoms with Crippen LogP contribution in [0.5, 0.6) is 5.75 Å². The highest BCUT2D eigenvalue weighted by atomic mass is 16.5. The molecule has 5 nitrogen and oxygen atoms in total. The molecule has 0 aliphatic heterocycles. The fourth-order valence-electron chi connectivity index (χ4n) is 1.84. The Hall–Kier alpha value is -2.30. The first-order valence-corrected chi connectivity index (χ1v) is 6.77. The molecule has 0 saturated carbocycles. The molecule has 1 heterocycles. The number of rotatable bonds is 7. The molecule has 20 heavy (non-hydrogen) atoms. The number of benzene rings is 1. The molecule has 5 heteroatoms. The maximum absolute atomic E-state index is 12.0. The Kier molecular flexibility index (Phi) is 5.17. The second kappa shape index (κ2) is 7.33. The van der Waals surface area contributed by atoms with Crippen LogP contribution in [0.4, 0.5) is 0 Å². The van der Waals surface area contributed by atoms with Gasteiger partial charge in [-0.1, -0.05) is 25.1 Å². The molecule has 1 amide bonds. The van der Waals surface area contributed by atoms with Crippen LogP contribution in [-0.4, -0.2) is 28.5 Å². The first-order chi connectivity index (χ1) is 9.79. The smallest absolute Gasteiger partial charge is 0.261 e. The van der Waals surface area contributed by atoms with Gasteiger partial charge in [0.25, 0.3) is 5.91 Å². The van der Waals surface area contributed by atoms with Gasteiger partial charge in [0.05, 0.1) is 0 Å². The van der Waals surface area contributed by atoms with Crippen molar-refractivity contribution >= 4 is 5.91 Å². The number of para-hydroxylation sites is 1. The summed E-state index contributed by atoms with van der Waals surface area (Å²) in [6.45, 7) is 2.47. The predicted octanol–water partition coefficient (Wildman–Crippen LogP) is 1.93. The second-order valence-corrected chi connectivity index (χ2v) is 4.40. The van der Waals surface area contributed by atoms with Gasteiger partial charge in [-0.05, 0) is 18.6 Å². The van der Waals surface area contributed by atoms with E-state index in [0.717, 1.165) is 5.82 Å². The number of nitrogens with one attached hydrogen (secondary N) is 2. The minimum atomic E-state index is -0.464. The van der Waals surface area contributed by atoms with Gasteiger partial charge < -0.3 is 15.0 Å². The highest BCUT2D eigenvalue weighted by Crippen LogP contribution is 2.12. The van der Waals surface area contributed by atoms with E-state index in [1.54, 1.807) is 12.4 Å². The van der Waals surface area contributed by atoms with E-state index >= 15 is 0 Å². The van der Waals surface area contributed by atoms with E-state index in [1.807, 2.05) is 37.3 Å². The minimum Gasteiger partial charge on any atom is -0.481 e. The number of carbonyl (C=O) groups is 1. The third-order valence-electron chi connectivity index (χ3n) is 2.90. The predicted molar refractivity (Wildman–Crippen MR) is 76.5 cm³/mol. The molecule has 2 rings (SSSR count). The van der Waals surface area contributed by atoms with Gasteiger partial charge in [0.2, 0.25) is 0 Å². The van der Waals surface area contributed by atoms with E-state index in [0.29, 0.717) is 25.1 Å². The molecule has 1 aromatic heterocycles. The molecular weight excluding hydrogens is 254 g/mol. The summed E-state index contributed by atoms with van der Waals surface area (Å²) >= 11 is 0. The third-order valence-corrected chi connectivity index (χ3v) is 2.90. The van der Waals surface area contributed by atoms with Crippen molar-refractivity contribution in [2.75, 3.05) is 6.54 Å².